The first-order chi connectivity index (χ1) is 25.8. The Morgan fingerprint density at radius 2 is 1.57 bits per heavy atom. The third-order valence-corrected chi connectivity index (χ3v) is 11.8. The van der Waals surface area contributed by atoms with Gasteiger partial charge >= 0.3 is 12.1 Å². The molecule has 7 rings (SSSR count). The van der Waals surface area contributed by atoms with Gasteiger partial charge in [0.25, 0.3) is 0 Å². The quantitative estimate of drug-likeness (QED) is 0.179. The zero-order chi connectivity index (χ0) is 40.6. The van der Waals surface area contributed by atoms with Crippen LogP contribution < -0.4 is 5.73 Å². The first-order valence-corrected chi connectivity index (χ1v) is 19.0. The summed E-state index contributed by atoms with van der Waals surface area (Å²) in [4.78, 5) is 43.8. The van der Waals surface area contributed by atoms with Gasteiger partial charge in [-0.2, -0.15) is 6.42 Å². The average molecular weight is 992 g/mol. The summed E-state index contributed by atoms with van der Waals surface area (Å²) in [5.41, 5.74) is 8.62. The maximum atomic E-state index is 13.3. The molecule has 2 aliphatic heterocycles. The predicted molar refractivity (Wildman–Crippen MR) is 205 cm³/mol. The summed E-state index contributed by atoms with van der Waals surface area (Å²) in [6, 6.07) is 18.4. The minimum absolute atomic E-state index is 0. The van der Waals surface area contributed by atoms with E-state index in [-0.39, 0.29) is 92.3 Å². The Bertz CT molecular complexity index is 1660. The number of ether oxygens (including phenoxy) is 4. The third-order valence-electron chi connectivity index (χ3n) is 11.8. The number of carboxylic acid groups (broad SMARTS) is 2. The van der Waals surface area contributed by atoms with Crippen molar-refractivity contribution in [3.05, 3.63) is 89.4 Å². The Morgan fingerprint density at radius 1 is 0.946 bits per heavy atom. The van der Waals surface area contributed by atoms with Crippen LogP contribution in [0.15, 0.2) is 71.8 Å². The number of carbonyl (C=O) groups is 4. The number of aryl methyl sites for hydroxylation is 1. The molecular weight excluding hydrogens is 933 g/mol. The second-order valence-electron chi connectivity index (χ2n) is 16.2. The van der Waals surface area contributed by atoms with Crippen LogP contribution in [0.1, 0.15) is 89.6 Å². The molecule has 1 amide bonds. The standard InChI is InChI=1S/C20H29O3.C9H10O2.C7H7NO.C7H12O5.Ac/c1-11-5-6-12-7-15-13-10-23-16(13)9-18(22)20(15,4)17(21)8-14(11)19(12,2)3;10-9(11)7-6-8-4-2-1-3-5-8;8-7(9)6-4-2-1-3-5-6;1-7(2)11-4-5(12-7)3-10-6(8)9;/h8,12-13,15-16,18,22H,5-7,9-10H2,1-4H3;1-5H,6-7H2,(H,10,11);1-5H,(H2,8,9);5H,3-4H2,1-2H3,(H,8,9);/q-1;;;;/t12-,13-,15?,16?,18?,20?;;;;/m0..../s1. The summed E-state index contributed by atoms with van der Waals surface area (Å²) in [6.07, 6.45) is 4.70. The van der Waals surface area contributed by atoms with Crippen LogP contribution in [-0.2, 0) is 35.0 Å². The molecule has 305 valence electrons. The zero-order valence-corrected chi connectivity index (χ0v) is 38.2. The Kier molecular flexibility index (Phi) is 17.6. The van der Waals surface area contributed by atoms with Gasteiger partial charge < -0.3 is 44.8 Å². The van der Waals surface area contributed by atoms with E-state index in [1.807, 2.05) is 49.7 Å². The van der Waals surface area contributed by atoms with Crippen LogP contribution >= 0.6 is 0 Å². The molecule has 3 aliphatic carbocycles. The number of allylic oxidation sites excluding steroid dienone is 2. The average Bonchev–Trinajstić information content (AvgIpc) is 3.49. The van der Waals surface area contributed by atoms with E-state index in [0.29, 0.717) is 36.8 Å². The number of rotatable bonds is 6. The molecule has 0 aromatic heterocycles. The van der Waals surface area contributed by atoms with Gasteiger partial charge in [0.1, 0.15) is 12.7 Å². The van der Waals surface area contributed by atoms with Crippen LogP contribution in [0.5, 0.6) is 0 Å². The molecule has 5 aliphatic rings. The van der Waals surface area contributed by atoms with Crippen molar-refractivity contribution in [3.63, 3.8) is 0 Å². The molecule has 2 saturated carbocycles. The van der Waals surface area contributed by atoms with E-state index in [2.05, 4.69) is 25.5 Å². The van der Waals surface area contributed by atoms with Gasteiger partial charge in [-0.05, 0) is 61.6 Å². The fourth-order valence-electron chi connectivity index (χ4n) is 8.36. The third kappa shape index (κ3) is 12.4. The van der Waals surface area contributed by atoms with Crippen LogP contribution in [-0.4, -0.2) is 83.1 Å². The molecule has 0 spiro atoms. The number of fused-ring (bicyclic) bond motifs is 5. The zero-order valence-electron chi connectivity index (χ0n) is 33.4. The van der Waals surface area contributed by atoms with E-state index in [4.69, 9.17) is 30.2 Å². The van der Waals surface area contributed by atoms with Crippen molar-refractivity contribution in [1.82, 2.24) is 0 Å². The van der Waals surface area contributed by atoms with E-state index < -0.39 is 29.4 Å². The number of carbonyl (C=O) groups excluding carboxylic acids is 2. The van der Waals surface area contributed by atoms with Crippen LogP contribution in [0.2, 0.25) is 0 Å². The fourth-order valence-corrected chi connectivity index (χ4v) is 8.36. The molecule has 4 fully saturated rings. The second kappa shape index (κ2) is 20.8. The molecule has 2 heterocycles. The van der Waals surface area contributed by atoms with Crippen molar-refractivity contribution in [2.45, 2.75) is 104 Å². The number of ketones is 1. The number of primary amides is 1. The predicted octanol–water partition coefficient (Wildman–Crippen LogP) is 6.64. The van der Waals surface area contributed by atoms with Crippen molar-refractivity contribution < 1.29 is 97.5 Å². The van der Waals surface area contributed by atoms with Gasteiger partial charge in [-0.15, -0.1) is 6.92 Å². The molecule has 2 aromatic carbocycles. The minimum atomic E-state index is -1.29. The summed E-state index contributed by atoms with van der Waals surface area (Å²) < 4.78 is 20.5. The number of carboxylic acids is 1. The molecule has 5 unspecified atom stereocenters. The first-order valence-electron chi connectivity index (χ1n) is 19.0. The molecule has 2 aromatic rings. The number of benzene rings is 2. The van der Waals surface area contributed by atoms with Crippen molar-refractivity contribution in [1.29, 1.82) is 0 Å². The Morgan fingerprint density at radius 3 is 2.07 bits per heavy atom. The van der Waals surface area contributed by atoms with Crippen LogP contribution in [0.4, 0.5) is 4.79 Å². The summed E-state index contributed by atoms with van der Waals surface area (Å²) in [6.45, 7) is 13.5. The molecule has 12 nitrogen and oxygen atoms in total. The normalized spacial score (nSPS) is 28.9. The van der Waals surface area contributed by atoms with Crippen LogP contribution in [0, 0.1) is 79.1 Å². The second-order valence-corrected chi connectivity index (χ2v) is 16.2. The minimum Gasteiger partial charge on any atom is -0.481 e. The van der Waals surface area contributed by atoms with Gasteiger partial charge in [-0.1, -0.05) is 82.1 Å². The van der Waals surface area contributed by atoms with Crippen molar-refractivity contribution in [2.75, 3.05) is 19.8 Å². The van der Waals surface area contributed by atoms with Gasteiger partial charge in [0.2, 0.25) is 5.91 Å². The summed E-state index contributed by atoms with van der Waals surface area (Å²) in [5, 5.41) is 27.4. The van der Waals surface area contributed by atoms with Crippen LogP contribution in [0.25, 0.3) is 0 Å². The topological polar surface area (TPSA) is 192 Å². The number of aliphatic carboxylic acids is 1. The van der Waals surface area contributed by atoms with Crippen molar-refractivity contribution in [3.8, 4) is 0 Å². The number of hydrogen-bond acceptors (Lipinski definition) is 9. The van der Waals surface area contributed by atoms with Gasteiger partial charge in [0.05, 0.1) is 31.2 Å². The van der Waals surface area contributed by atoms with Crippen molar-refractivity contribution in [2.24, 2.45) is 34.3 Å². The summed E-state index contributed by atoms with van der Waals surface area (Å²) >= 11 is 0. The van der Waals surface area contributed by atoms with E-state index in [1.54, 1.807) is 38.1 Å². The number of aliphatic hydroxyl groups is 1. The Hall–Kier alpha value is -2.79. The molecule has 1 radical (unpaired) electrons. The number of aliphatic hydroxyl groups excluding tert-OH is 1. The number of Topliss-reactive ketones (excluding diaryl/α,β-unsaturated/α-hetero) is 1. The molecule has 56 heavy (non-hydrogen) atoms. The largest absolute Gasteiger partial charge is 0.505 e. The van der Waals surface area contributed by atoms with Gasteiger partial charge in [-0.25, -0.2) is 15.9 Å². The number of nitrogens with two attached hydrogens (primary N) is 1. The van der Waals surface area contributed by atoms with E-state index in [0.717, 1.165) is 25.0 Å². The van der Waals surface area contributed by atoms with Crippen molar-refractivity contribution >= 4 is 23.8 Å². The van der Waals surface area contributed by atoms with Crippen LogP contribution in [0.3, 0.4) is 0 Å². The molecule has 2 saturated heterocycles. The number of amides is 1. The van der Waals surface area contributed by atoms with E-state index in [9.17, 15) is 24.3 Å². The molecular formula is C43H58AcNO11-. The fraction of sp³-hybridized carbons (Fsp3) is 0.558. The van der Waals surface area contributed by atoms with E-state index in [1.165, 1.54) is 17.6 Å². The maximum absolute atomic E-state index is 13.3. The monoisotopic (exact) mass is 991 g/mol. The summed E-state index contributed by atoms with van der Waals surface area (Å²) in [7, 11) is 0. The van der Waals surface area contributed by atoms with Gasteiger partial charge in [-0.3, -0.25) is 9.59 Å². The Balaban J connectivity index is 0.000000217. The van der Waals surface area contributed by atoms with Gasteiger partial charge in [0, 0.05) is 73.8 Å². The maximum Gasteiger partial charge on any atom is 0.505 e. The molecule has 13 heteroatoms. The molecule has 2 bridgehead atoms. The first kappa shape index (κ1) is 47.6. The van der Waals surface area contributed by atoms with Gasteiger partial charge in [0.15, 0.2) is 5.79 Å². The summed E-state index contributed by atoms with van der Waals surface area (Å²) in [5.74, 6) is -0.316. The number of hydrogen-bond donors (Lipinski definition) is 4. The van der Waals surface area contributed by atoms with E-state index >= 15 is 0 Å². The smallest absolute Gasteiger partial charge is 0.481 e. The Labute approximate surface area is 366 Å². The molecule has 5 N–H and O–H groups in total. The SMILES string of the molecule is CC1(C)OCC(COC(=O)O)O1.CC1=C2[CH-]C(=O)C3(C)C(O)CC4OC[C@H]4C3C[C@H](CC1)C2(C)C.NC(=O)c1ccccc1.O=C(O)CCc1ccccc1.[Ac]. The molecule has 7 atom stereocenters.